The van der Waals surface area contributed by atoms with E-state index in [0.29, 0.717) is 18.6 Å². The van der Waals surface area contributed by atoms with Gasteiger partial charge in [0.15, 0.2) is 5.13 Å². The second-order valence-corrected chi connectivity index (χ2v) is 5.00. The quantitative estimate of drug-likeness (QED) is 0.757. The molecule has 2 aromatic rings. The second-order valence-electron chi connectivity index (χ2n) is 3.99. The van der Waals surface area contributed by atoms with E-state index in [0.717, 1.165) is 23.7 Å². The molecular weight excluding hydrogens is 220 g/mol. The van der Waals surface area contributed by atoms with Crippen molar-refractivity contribution in [2.75, 3.05) is 18.0 Å². The van der Waals surface area contributed by atoms with Crippen molar-refractivity contribution in [3.8, 4) is 0 Å². The van der Waals surface area contributed by atoms with Gasteiger partial charge >= 0.3 is 0 Å². The first-order valence-electron chi connectivity index (χ1n) is 5.45. The molecule has 0 spiro atoms. The van der Waals surface area contributed by atoms with Gasteiger partial charge in [0.1, 0.15) is 5.78 Å². The normalized spacial score (nSPS) is 17.0. The molecule has 1 aromatic carbocycles. The number of anilines is 1. The van der Waals surface area contributed by atoms with Gasteiger partial charge in [-0.1, -0.05) is 23.5 Å². The van der Waals surface area contributed by atoms with E-state index in [4.69, 9.17) is 0 Å². The Labute approximate surface area is 97.7 Å². The minimum Gasteiger partial charge on any atom is -0.347 e. The number of nitrogens with zero attached hydrogens (tertiary/aromatic N) is 2. The molecule has 3 nitrogen and oxygen atoms in total. The van der Waals surface area contributed by atoms with Crippen LogP contribution in [0.2, 0.25) is 0 Å². The summed E-state index contributed by atoms with van der Waals surface area (Å²) in [5, 5.41) is 1.05. The Morgan fingerprint density at radius 1 is 1.19 bits per heavy atom. The molecule has 0 atom stereocenters. The third kappa shape index (κ3) is 1.69. The van der Waals surface area contributed by atoms with Gasteiger partial charge in [-0.25, -0.2) is 4.98 Å². The third-order valence-corrected chi connectivity index (χ3v) is 3.97. The number of hydrogen-bond donors (Lipinski definition) is 0. The summed E-state index contributed by atoms with van der Waals surface area (Å²) >= 11 is 1.71. The van der Waals surface area contributed by atoms with Crippen LogP contribution in [0.1, 0.15) is 12.8 Å². The van der Waals surface area contributed by atoms with E-state index in [2.05, 4.69) is 16.0 Å². The molecule has 1 aliphatic heterocycles. The number of para-hydroxylation sites is 1. The molecule has 0 saturated carbocycles. The molecule has 2 heterocycles. The summed E-state index contributed by atoms with van der Waals surface area (Å²) in [4.78, 5) is 18.0. The molecule has 1 fully saturated rings. The summed E-state index contributed by atoms with van der Waals surface area (Å²) in [7, 11) is 0. The molecule has 82 valence electrons. The highest BCUT2D eigenvalue weighted by Crippen LogP contribution is 2.29. The van der Waals surface area contributed by atoms with Crippen LogP contribution in [0.3, 0.4) is 0 Å². The third-order valence-electron chi connectivity index (χ3n) is 2.87. The number of fused-ring (bicyclic) bond motifs is 1. The highest BCUT2D eigenvalue weighted by molar-refractivity contribution is 7.22. The van der Waals surface area contributed by atoms with Crippen LogP contribution < -0.4 is 4.90 Å². The van der Waals surface area contributed by atoms with Crippen LogP contribution in [0.25, 0.3) is 10.2 Å². The van der Waals surface area contributed by atoms with Gasteiger partial charge in [0.05, 0.1) is 10.2 Å². The van der Waals surface area contributed by atoms with E-state index in [1.807, 2.05) is 18.2 Å². The average molecular weight is 232 g/mol. The topological polar surface area (TPSA) is 33.2 Å². The molecule has 0 N–H and O–H groups in total. The smallest absolute Gasteiger partial charge is 0.186 e. The molecule has 1 aromatic heterocycles. The summed E-state index contributed by atoms with van der Waals surface area (Å²) in [5.41, 5.74) is 1.06. The number of aromatic nitrogens is 1. The zero-order chi connectivity index (χ0) is 11.0. The number of piperidine rings is 1. The lowest BCUT2D eigenvalue weighted by Gasteiger charge is -2.25. The standard InChI is InChI=1S/C12H12N2OS/c15-9-5-7-14(8-6-9)12-13-10-3-1-2-4-11(10)16-12/h1-4H,5-8H2. The summed E-state index contributed by atoms with van der Waals surface area (Å²) in [6.45, 7) is 1.64. The van der Waals surface area contributed by atoms with Gasteiger partial charge in [-0.05, 0) is 12.1 Å². The largest absolute Gasteiger partial charge is 0.347 e. The monoisotopic (exact) mass is 232 g/mol. The van der Waals surface area contributed by atoms with E-state index in [1.165, 1.54) is 4.70 Å². The van der Waals surface area contributed by atoms with Gasteiger partial charge in [-0.2, -0.15) is 0 Å². The Bertz CT molecular complexity index is 492. The number of rotatable bonds is 1. The molecule has 0 amide bonds. The molecule has 1 saturated heterocycles. The van der Waals surface area contributed by atoms with Gasteiger partial charge in [0.2, 0.25) is 0 Å². The Kier molecular flexibility index (Phi) is 2.36. The summed E-state index contributed by atoms with van der Waals surface area (Å²) in [5.74, 6) is 0.373. The maximum atomic E-state index is 11.2. The minimum atomic E-state index is 0.373. The van der Waals surface area contributed by atoms with Crippen LogP contribution in [0.4, 0.5) is 5.13 Å². The molecular formula is C12H12N2OS. The molecule has 0 unspecified atom stereocenters. The molecule has 3 rings (SSSR count). The Morgan fingerprint density at radius 2 is 1.94 bits per heavy atom. The van der Waals surface area contributed by atoms with E-state index in [1.54, 1.807) is 11.3 Å². The van der Waals surface area contributed by atoms with E-state index >= 15 is 0 Å². The van der Waals surface area contributed by atoms with E-state index in [-0.39, 0.29) is 0 Å². The number of hydrogen-bond acceptors (Lipinski definition) is 4. The van der Waals surface area contributed by atoms with Crippen molar-refractivity contribution < 1.29 is 4.79 Å². The number of thiazole rings is 1. The van der Waals surface area contributed by atoms with Crippen LogP contribution >= 0.6 is 11.3 Å². The summed E-state index contributed by atoms with van der Waals surface area (Å²) in [6, 6.07) is 8.16. The molecule has 0 aliphatic carbocycles. The van der Waals surface area contributed by atoms with Crippen molar-refractivity contribution in [1.29, 1.82) is 0 Å². The first-order valence-corrected chi connectivity index (χ1v) is 6.27. The lowest BCUT2D eigenvalue weighted by atomic mass is 10.1. The van der Waals surface area contributed by atoms with Gasteiger partial charge in [0, 0.05) is 25.9 Å². The fourth-order valence-electron chi connectivity index (χ4n) is 1.94. The SMILES string of the molecule is O=C1CCN(c2nc3ccccc3s2)CC1. The van der Waals surface area contributed by atoms with Crippen molar-refractivity contribution in [2.24, 2.45) is 0 Å². The molecule has 16 heavy (non-hydrogen) atoms. The van der Waals surface area contributed by atoms with Crippen LogP contribution in [-0.4, -0.2) is 23.9 Å². The highest BCUT2D eigenvalue weighted by Gasteiger charge is 2.18. The summed E-state index contributed by atoms with van der Waals surface area (Å²) < 4.78 is 1.22. The Hall–Kier alpha value is -1.42. The number of carbonyl (C=O) groups excluding carboxylic acids is 1. The first-order chi connectivity index (χ1) is 7.83. The van der Waals surface area contributed by atoms with Crippen molar-refractivity contribution in [3.63, 3.8) is 0 Å². The molecule has 4 heteroatoms. The van der Waals surface area contributed by atoms with Gasteiger partial charge < -0.3 is 4.90 Å². The molecule has 0 bridgehead atoms. The van der Waals surface area contributed by atoms with Crippen molar-refractivity contribution in [2.45, 2.75) is 12.8 Å². The van der Waals surface area contributed by atoms with Crippen molar-refractivity contribution in [1.82, 2.24) is 4.98 Å². The minimum absolute atomic E-state index is 0.373. The fourth-order valence-corrected chi connectivity index (χ4v) is 2.96. The number of Topliss-reactive ketones (excluding diaryl/α,β-unsaturated/α-hetero) is 1. The second kappa shape index (κ2) is 3.87. The van der Waals surface area contributed by atoms with Crippen LogP contribution in [0.5, 0.6) is 0 Å². The Balaban J connectivity index is 1.91. The summed E-state index contributed by atoms with van der Waals surface area (Å²) in [6.07, 6.45) is 1.33. The first kappa shape index (κ1) is 9.78. The van der Waals surface area contributed by atoms with Crippen molar-refractivity contribution in [3.05, 3.63) is 24.3 Å². The van der Waals surface area contributed by atoms with Gasteiger partial charge in [-0.3, -0.25) is 4.79 Å². The van der Waals surface area contributed by atoms with Gasteiger partial charge in [-0.15, -0.1) is 0 Å². The van der Waals surface area contributed by atoms with E-state index in [9.17, 15) is 4.79 Å². The van der Waals surface area contributed by atoms with E-state index < -0.39 is 0 Å². The zero-order valence-corrected chi connectivity index (χ0v) is 9.67. The zero-order valence-electron chi connectivity index (χ0n) is 8.85. The lowest BCUT2D eigenvalue weighted by molar-refractivity contribution is -0.119. The predicted molar refractivity (Wildman–Crippen MR) is 66.1 cm³/mol. The predicted octanol–water partition coefficient (Wildman–Crippen LogP) is 2.47. The average Bonchev–Trinajstić information content (AvgIpc) is 2.73. The lowest BCUT2D eigenvalue weighted by Crippen LogP contribution is -2.33. The molecule has 1 aliphatic rings. The van der Waals surface area contributed by atoms with Crippen molar-refractivity contribution >= 4 is 32.5 Å². The Morgan fingerprint density at radius 3 is 2.69 bits per heavy atom. The van der Waals surface area contributed by atoms with Crippen LogP contribution in [-0.2, 0) is 4.79 Å². The highest BCUT2D eigenvalue weighted by atomic mass is 32.1. The van der Waals surface area contributed by atoms with Crippen LogP contribution in [0, 0.1) is 0 Å². The number of ketones is 1. The number of benzene rings is 1. The number of carbonyl (C=O) groups is 1. The fraction of sp³-hybridized carbons (Fsp3) is 0.333. The maximum absolute atomic E-state index is 11.2. The molecule has 0 radical (unpaired) electrons. The maximum Gasteiger partial charge on any atom is 0.186 e. The van der Waals surface area contributed by atoms with Gasteiger partial charge in [0.25, 0.3) is 0 Å². The van der Waals surface area contributed by atoms with Crippen LogP contribution in [0.15, 0.2) is 24.3 Å².